The van der Waals surface area contributed by atoms with Crippen LogP contribution < -0.4 is 15.5 Å². The van der Waals surface area contributed by atoms with E-state index in [1.165, 1.54) is 6.92 Å². The molecule has 0 saturated carbocycles. The third kappa shape index (κ3) is 2.44. The monoisotopic (exact) mass is 221 g/mol. The molecule has 0 aliphatic rings. The molecule has 0 unspecified atom stereocenters. The van der Waals surface area contributed by atoms with Gasteiger partial charge in [-0.25, -0.2) is 4.98 Å². The van der Waals surface area contributed by atoms with Crippen molar-refractivity contribution in [1.82, 2.24) is 9.97 Å². The lowest BCUT2D eigenvalue weighted by molar-refractivity contribution is 0.384. The summed E-state index contributed by atoms with van der Waals surface area (Å²) in [4.78, 5) is 16.8. The number of nitrogens with one attached hydrogen (secondary N) is 1. The van der Waals surface area contributed by atoms with E-state index in [1.54, 1.807) is 0 Å². The van der Waals surface area contributed by atoms with Crippen molar-refractivity contribution < 1.29 is 17.2 Å². The molecular weight excluding hydrogens is 214 g/mol. The number of nitrogens with zero attached hydrogens (tertiary/aromatic N) is 1. The van der Waals surface area contributed by atoms with E-state index in [0.29, 0.717) is 0 Å². The SMILES string of the molecule is Cc1nc(N)c(OS(=O)(=O)O)c(=O)[nH]1. The van der Waals surface area contributed by atoms with E-state index < -0.39 is 27.5 Å². The molecule has 78 valence electrons. The Kier molecular flexibility index (Phi) is 2.45. The Hall–Kier alpha value is -1.61. The Morgan fingerprint density at radius 1 is 1.57 bits per heavy atom. The molecule has 0 aromatic carbocycles. The van der Waals surface area contributed by atoms with Gasteiger partial charge in [0, 0.05) is 0 Å². The first-order valence-electron chi connectivity index (χ1n) is 3.33. The van der Waals surface area contributed by atoms with Crippen LogP contribution in [0.1, 0.15) is 5.82 Å². The Morgan fingerprint density at radius 3 is 2.57 bits per heavy atom. The lowest BCUT2D eigenvalue weighted by Crippen LogP contribution is -2.19. The molecule has 1 rings (SSSR count). The summed E-state index contributed by atoms with van der Waals surface area (Å²) in [7, 11) is -4.78. The quantitative estimate of drug-likeness (QED) is 0.536. The Labute approximate surface area is 78.7 Å². The van der Waals surface area contributed by atoms with Crippen molar-refractivity contribution in [2.24, 2.45) is 0 Å². The number of aromatic nitrogens is 2. The van der Waals surface area contributed by atoms with E-state index in [-0.39, 0.29) is 5.82 Å². The van der Waals surface area contributed by atoms with E-state index in [0.717, 1.165) is 0 Å². The fourth-order valence-electron chi connectivity index (χ4n) is 0.783. The largest absolute Gasteiger partial charge is 0.446 e. The molecule has 4 N–H and O–H groups in total. The summed E-state index contributed by atoms with van der Waals surface area (Å²) in [5.41, 5.74) is 4.32. The van der Waals surface area contributed by atoms with Gasteiger partial charge in [-0.15, -0.1) is 0 Å². The fraction of sp³-hybridized carbons (Fsp3) is 0.200. The normalized spacial score (nSPS) is 11.3. The number of nitrogens with two attached hydrogens (primary N) is 1. The van der Waals surface area contributed by atoms with Crippen LogP contribution >= 0.6 is 0 Å². The second kappa shape index (κ2) is 3.27. The van der Waals surface area contributed by atoms with E-state index in [1.807, 2.05) is 0 Å². The molecule has 0 saturated heterocycles. The molecule has 0 atom stereocenters. The summed E-state index contributed by atoms with van der Waals surface area (Å²) in [6.45, 7) is 1.45. The molecule has 14 heavy (non-hydrogen) atoms. The van der Waals surface area contributed by atoms with Crippen LogP contribution in [0, 0.1) is 6.92 Å². The molecule has 1 aromatic heterocycles. The lowest BCUT2D eigenvalue weighted by Gasteiger charge is -2.03. The maximum absolute atomic E-state index is 11.1. The Morgan fingerprint density at radius 2 is 2.14 bits per heavy atom. The molecule has 1 aromatic rings. The van der Waals surface area contributed by atoms with Gasteiger partial charge in [0.25, 0.3) is 11.3 Å². The molecule has 9 heteroatoms. The molecule has 1 heterocycles. The highest BCUT2D eigenvalue weighted by Crippen LogP contribution is 2.13. The number of aromatic amines is 1. The van der Waals surface area contributed by atoms with Crippen LogP contribution in [0.5, 0.6) is 5.75 Å². The summed E-state index contributed by atoms with van der Waals surface area (Å²) in [6, 6.07) is 0. The Balaban J connectivity index is 3.30. The Bertz CT molecular complexity index is 505. The first-order valence-corrected chi connectivity index (χ1v) is 4.69. The van der Waals surface area contributed by atoms with Crippen molar-refractivity contribution in [1.29, 1.82) is 0 Å². The topological polar surface area (TPSA) is 135 Å². The van der Waals surface area contributed by atoms with Gasteiger partial charge in [-0.05, 0) is 6.92 Å². The summed E-state index contributed by atoms with van der Waals surface area (Å²) in [5.74, 6) is -0.961. The molecule has 0 aliphatic carbocycles. The maximum atomic E-state index is 11.1. The van der Waals surface area contributed by atoms with Crippen LogP contribution in [-0.2, 0) is 10.4 Å². The number of hydrogen-bond donors (Lipinski definition) is 3. The molecule has 0 fully saturated rings. The number of anilines is 1. The first-order chi connectivity index (χ1) is 6.29. The van der Waals surface area contributed by atoms with Gasteiger partial charge in [0.2, 0.25) is 0 Å². The number of H-pyrrole nitrogens is 1. The van der Waals surface area contributed by atoms with E-state index in [2.05, 4.69) is 14.2 Å². The van der Waals surface area contributed by atoms with Crippen LogP contribution in [-0.4, -0.2) is 22.9 Å². The molecule has 8 nitrogen and oxygen atoms in total. The van der Waals surface area contributed by atoms with Gasteiger partial charge in [-0.2, -0.15) is 8.42 Å². The van der Waals surface area contributed by atoms with Crippen LogP contribution in [0.2, 0.25) is 0 Å². The van der Waals surface area contributed by atoms with Crippen molar-refractivity contribution in [3.8, 4) is 5.75 Å². The minimum Gasteiger partial charge on any atom is -0.380 e. The zero-order chi connectivity index (χ0) is 10.9. The second-order valence-electron chi connectivity index (χ2n) is 2.38. The van der Waals surface area contributed by atoms with Crippen LogP contribution in [0.3, 0.4) is 0 Å². The van der Waals surface area contributed by atoms with Crippen molar-refractivity contribution in [2.45, 2.75) is 6.92 Å². The summed E-state index contributed by atoms with van der Waals surface area (Å²) < 4.78 is 32.8. The molecular formula is C5H7N3O5S. The molecule has 0 amide bonds. The second-order valence-corrected chi connectivity index (χ2v) is 3.40. The molecule has 0 bridgehead atoms. The predicted octanol–water partition coefficient (Wildman–Crippen LogP) is -1.16. The van der Waals surface area contributed by atoms with Crippen molar-refractivity contribution in [3.05, 3.63) is 16.2 Å². The fourth-order valence-corrected chi connectivity index (χ4v) is 1.15. The van der Waals surface area contributed by atoms with Gasteiger partial charge in [-0.1, -0.05) is 0 Å². The number of hydrogen-bond acceptors (Lipinski definition) is 6. The van der Waals surface area contributed by atoms with E-state index >= 15 is 0 Å². The molecule has 0 spiro atoms. The van der Waals surface area contributed by atoms with Crippen molar-refractivity contribution in [3.63, 3.8) is 0 Å². The summed E-state index contributed by atoms with van der Waals surface area (Å²) >= 11 is 0. The highest BCUT2D eigenvalue weighted by Gasteiger charge is 2.15. The zero-order valence-electron chi connectivity index (χ0n) is 7.01. The van der Waals surface area contributed by atoms with Crippen LogP contribution in [0.4, 0.5) is 5.82 Å². The van der Waals surface area contributed by atoms with Gasteiger partial charge in [0.05, 0.1) is 0 Å². The molecule has 0 radical (unpaired) electrons. The van der Waals surface area contributed by atoms with Gasteiger partial charge in [0.15, 0.2) is 5.82 Å². The average Bonchev–Trinajstić information content (AvgIpc) is 1.95. The van der Waals surface area contributed by atoms with Crippen molar-refractivity contribution >= 4 is 16.2 Å². The van der Waals surface area contributed by atoms with Gasteiger partial charge in [-0.3, -0.25) is 9.35 Å². The minimum atomic E-state index is -4.78. The van der Waals surface area contributed by atoms with Crippen molar-refractivity contribution in [2.75, 3.05) is 5.73 Å². The highest BCUT2D eigenvalue weighted by atomic mass is 32.3. The zero-order valence-corrected chi connectivity index (χ0v) is 7.83. The summed E-state index contributed by atoms with van der Waals surface area (Å²) in [6.07, 6.45) is 0. The lowest BCUT2D eigenvalue weighted by atomic mass is 10.5. The maximum Gasteiger partial charge on any atom is 0.446 e. The van der Waals surface area contributed by atoms with Crippen LogP contribution in [0.15, 0.2) is 4.79 Å². The summed E-state index contributed by atoms with van der Waals surface area (Å²) in [5, 5.41) is 0. The highest BCUT2D eigenvalue weighted by molar-refractivity contribution is 7.81. The number of rotatable bonds is 2. The molecule has 0 aliphatic heterocycles. The van der Waals surface area contributed by atoms with E-state index in [4.69, 9.17) is 10.3 Å². The third-order valence-electron chi connectivity index (χ3n) is 1.21. The third-order valence-corrected chi connectivity index (χ3v) is 1.59. The number of nitrogen functional groups attached to an aromatic ring is 1. The predicted molar refractivity (Wildman–Crippen MR) is 46.2 cm³/mol. The van der Waals surface area contributed by atoms with Gasteiger partial charge in [0.1, 0.15) is 5.82 Å². The average molecular weight is 221 g/mol. The first kappa shape index (κ1) is 10.5. The smallest absolute Gasteiger partial charge is 0.380 e. The van der Waals surface area contributed by atoms with E-state index in [9.17, 15) is 13.2 Å². The minimum absolute atomic E-state index is 0.204. The van der Waals surface area contributed by atoms with Gasteiger partial charge < -0.3 is 14.9 Å². The number of aryl methyl sites for hydroxylation is 1. The standard InChI is InChI=1S/C5H7N3O5S/c1-2-7-4(6)3(5(9)8-2)13-14(10,11)12/h1H3,(H,10,11,12)(H3,6,7,8,9). The van der Waals surface area contributed by atoms with Gasteiger partial charge >= 0.3 is 10.4 Å². The van der Waals surface area contributed by atoms with Crippen LogP contribution in [0.25, 0.3) is 0 Å².